The molecule has 3 heterocycles. The molecule has 0 saturated carbocycles. The van der Waals surface area contributed by atoms with Crippen LogP contribution >= 0.6 is 0 Å². The molecule has 22 heavy (non-hydrogen) atoms. The number of furan rings is 1. The van der Waals surface area contributed by atoms with Gasteiger partial charge >= 0.3 is 0 Å². The number of nitriles is 1. The van der Waals surface area contributed by atoms with Crippen LogP contribution in [0.5, 0.6) is 0 Å². The molecule has 1 N–H and O–H groups in total. The zero-order valence-electron chi connectivity index (χ0n) is 11.3. The molecule has 1 aromatic carbocycles. The highest BCUT2D eigenvalue weighted by Gasteiger charge is 2.13. The van der Waals surface area contributed by atoms with Crippen LogP contribution in [0.3, 0.4) is 0 Å². The second kappa shape index (κ2) is 4.82. The summed E-state index contributed by atoms with van der Waals surface area (Å²) < 4.78 is 5.83. The van der Waals surface area contributed by atoms with Crippen LogP contribution in [0, 0.1) is 11.3 Å². The van der Waals surface area contributed by atoms with E-state index >= 15 is 0 Å². The largest absolute Gasteiger partial charge is 0.456 e. The number of benzene rings is 1. The molecule has 0 aliphatic rings. The molecule has 0 aliphatic carbocycles. The third kappa shape index (κ3) is 1.93. The van der Waals surface area contributed by atoms with Crippen molar-refractivity contribution in [3.63, 3.8) is 0 Å². The molecule has 104 valence electrons. The van der Waals surface area contributed by atoms with Crippen molar-refractivity contribution in [2.24, 2.45) is 0 Å². The number of H-pyrrole nitrogens is 1. The highest BCUT2D eigenvalue weighted by atomic mass is 16.3. The number of nitrogens with one attached hydrogen (secondary N) is 1. The van der Waals surface area contributed by atoms with E-state index in [1.165, 1.54) is 0 Å². The lowest BCUT2D eigenvalue weighted by molar-refractivity contribution is 0.631. The number of fused-ring (bicyclic) bond motifs is 1. The quantitative estimate of drug-likeness (QED) is 0.611. The Kier molecular flexibility index (Phi) is 2.70. The summed E-state index contributed by atoms with van der Waals surface area (Å²) in [6, 6.07) is 13.6. The van der Waals surface area contributed by atoms with Crippen molar-refractivity contribution in [1.82, 2.24) is 20.4 Å². The summed E-state index contributed by atoms with van der Waals surface area (Å²) in [4.78, 5) is 4.21. The highest BCUT2D eigenvalue weighted by molar-refractivity contribution is 5.83. The predicted octanol–water partition coefficient (Wildman–Crippen LogP) is 3.15. The topological polar surface area (TPSA) is 91.4 Å². The zero-order valence-corrected chi connectivity index (χ0v) is 11.3. The van der Waals surface area contributed by atoms with Crippen LogP contribution < -0.4 is 0 Å². The Bertz CT molecular complexity index is 975. The molecule has 0 spiro atoms. The van der Waals surface area contributed by atoms with Crippen LogP contribution in [0.25, 0.3) is 33.6 Å². The number of nitrogens with zero attached hydrogens (tertiary/aromatic N) is 4. The number of aromatic nitrogens is 4. The molecule has 3 aromatic heterocycles. The molecule has 0 saturated heterocycles. The SMILES string of the molecule is N#Cc1n[nH]nc1-c1cncc(-c2cc3ccccc3o2)c1. The van der Waals surface area contributed by atoms with Gasteiger partial charge in [-0.3, -0.25) is 4.98 Å². The monoisotopic (exact) mass is 287 g/mol. The van der Waals surface area contributed by atoms with Gasteiger partial charge in [-0.1, -0.05) is 18.2 Å². The van der Waals surface area contributed by atoms with E-state index in [9.17, 15) is 0 Å². The van der Waals surface area contributed by atoms with Crippen LogP contribution in [0.1, 0.15) is 5.69 Å². The maximum atomic E-state index is 9.04. The summed E-state index contributed by atoms with van der Waals surface area (Å²) in [6.45, 7) is 0. The molecule has 0 unspecified atom stereocenters. The summed E-state index contributed by atoms with van der Waals surface area (Å²) in [5.41, 5.74) is 3.07. The molecule has 0 bridgehead atoms. The summed E-state index contributed by atoms with van der Waals surface area (Å²) in [5.74, 6) is 0.720. The fraction of sp³-hybridized carbons (Fsp3) is 0. The molecule has 0 fully saturated rings. The lowest BCUT2D eigenvalue weighted by atomic mass is 10.1. The van der Waals surface area contributed by atoms with Crippen molar-refractivity contribution in [3.8, 4) is 28.7 Å². The molecule has 0 aliphatic heterocycles. The number of aromatic amines is 1. The van der Waals surface area contributed by atoms with Gasteiger partial charge in [0.25, 0.3) is 0 Å². The second-order valence-electron chi connectivity index (χ2n) is 4.74. The molecule has 4 aromatic rings. The molecule has 6 heteroatoms. The minimum Gasteiger partial charge on any atom is -0.456 e. The van der Waals surface area contributed by atoms with E-state index in [0.29, 0.717) is 11.3 Å². The molecule has 4 rings (SSSR count). The normalized spacial score (nSPS) is 10.7. The Balaban J connectivity index is 1.84. The van der Waals surface area contributed by atoms with E-state index in [1.807, 2.05) is 42.5 Å². The standard InChI is InChI=1S/C16H9N5O/c17-7-13-16(20-21-19-13)12-5-11(8-18-9-12)15-6-10-3-1-2-4-14(10)22-15/h1-6,8-9H,(H,19,20,21). The molecule has 0 radical (unpaired) electrons. The van der Waals surface area contributed by atoms with Gasteiger partial charge in [-0.15, -0.1) is 5.10 Å². The van der Waals surface area contributed by atoms with Gasteiger partial charge < -0.3 is 4.42 Å². The van der Waals surface area contributed by atoms with Crippen molar-refractivity contribution >= 4 is 11.0 Å². The van der Waals surface area contributed by atoms with Crippen molar-refractivity contribution in [1.29, 1.82) is 5.26 Å². The molecular weight excluding hydrogens is 278 g/mol. The summed E-state index contributed by atoms with van der Waals surface area (Å²) >= 11 is 0. The lowest BCUT2D eigenvalue weighted by Crippen LogP contribution is -1.86. The van der Waals surface area contributed by atoms with Gasteiger partial charge in [0.2, 0.25) is 0 Å². The number of hydrogen-bond acceptors (Lipinski definition) is 5. The van der Waals surface area contributed by atoms with Gasteiger partial charge in [-0.05, 0) is 18.2 Å². The zero-order chi connectivity index (χ0) is 14.9. The minimum absolute atomic E-state index is 0.239. The summed E-state index contributed by atoms with van der Waals surface area (Å²) in [6.07, 6.45) is 3.36. The van der Waals surface area contributed by atoms with Gasteiger partial charge in [-0.25, -0.2) is 0 Å². The Morgan fingerprint density at radius 1 is 1.05 bits per heavy atom. The fourth-order valence-corrected chi connectivity index (χ4v) is 2.34. The Labute approximate surface area is 125 Å². The third-order valence-electron chi connectivity index (χ3n) is 3.38. The highest BCUT2D eigenvalue weighted by Crippen LogP contribution is 2.29. The average molecular weight is 287 g/mol. The number of para-hydroxylation sites is 1. The number of hydrogen-bond donors (Lipinski definition) is 1. The average Bonchev–Trinajstić information content (AvgIpc) is 3.21. The van der Waals surface area contributed by atoms with Gasteiger partial charge in [0, 0.05) is 28.9 Å². The van der Waals surface area contributed by atoms with Crippen LogP contribution in [0.2, 0.25) is 0 Å². The molecule has 6 nitrogen and oxygen atoms in total. The predicted molar refractivity (Wildman–Crippen MR) is 79.5 cm³/mol. The van der Waals surface area contributed by atoms with Crippen molar-refractivity contribution < 1.29 is 4.42 Å². The number of rotatable bonds is 2. The fourth-order valence-electron chi connectivity index (χ4n) is 2.34. The third-order valence-corrected chi connectivity index (χ3v) is 3.38. The van der Waals surface area contributed by atoms with E-state index < -0.39 is 0 Å². The van der Waals surface area contributed by atoms with E-state index in [2.05, 4.69) is 20.4 Å². The van der Waals surface area contributed by atoms with Crippen LogP contribution in [0.15, 0.2) is 53.2 Å². The molecule has 0 atom stereocenters. The van der Waals surface area contributed by atoms with E-state index in [4.69, 9.17) is 9.68 Å². The lowest BCUT2D eigenvalue weighted by Gasteiger charge is -1.99. The van der Waals surface area contributed by atoms with E-state index in [-0.39, 0.29) is 5.69 Å². The van der Waals surface area contributed by atoms with E-state index in [1.54, 1.807) is 12.4 Å². The first-order chi connectivity index (χ1) is 10.8. The van der Waals surface area contributed by atoms with Crippen LogP contribution in [0.4, 0.5) is 0 Å². The van der Waals surface area contributed by atoms with Crippen molar-refractivity contribution in [2.45, 2.75) is 0 Å². The summed E-state index contributed by atoms with van der Waals surface area (Å²) in [7, 11) is 0. The first-order valence-corrected chi connectivity index (χ1v) is 6.60. The smallest absolute Gasteiger partial charge is 0.190 e. The van der Waals surface area contributed by atoms with Crippen molar-refractivity contribution in [2.75, 3.05) is 0 Å². The van der Waals surface area contributed by atoms with Crippen LogP contribution in [-0.4, -0.2) is 20.4 Å². The van der Waals surface area contributed by atoms with Gasteiger partial charge in [0.15, 0.2) is 5.69 Å². The van der Waals surface area contributed by atoms with Gasteiger partial charge in [0.1, 0.15) is 23.1 Å². The summed E-state index contributed by atoms with van der Waals surface area (Å²) in [5, 5.41) is 20.3. The van der Waals surface area contributed by atoms with Gasteiger partial charge in [-0.2, -0.15) is 15.6 Å². The Morgan fingerprint density at radius 3 is 2.77 bits per heavy atom. The van der Waals surface area contributed by atoms with E-state index in [0.717, 1.165) is 22.3 Å². The molecular formula is C16H9N5O. The second-order valence-corrected chi connectivity index (χ2v) is 4.74. The first kappa shape index (κ1) is 12.3. The number of pyridine rings is 1. The Hall–Kier alpha value is -3.46. The first-order valence-electron chi connectivity index (χ1n) is 6.60. The Morgan fingerprint density at radius 2 is 1.91 bits per heavy atom. The maximum Gasteiger partial charge on any atom is 0.190 e. The van der Waals surface area contributed by atoms with Gasteiger partial charge in [0.05, 0.1) is 0 Å². The van der Waals surface area contributed by atoms with Crippen LogP contribution in [-0.2, 0) is 0 Å². The maximum absolute atomic E-state index is 9.04. The molecule has 0 amide bonds. The minimum atomic E-state index is 0.239. The van der Waals surface area contributed by atoms with Crippen molar-refractivity contribution in [3.05, 3.63) is 54.5 Å².